The van der Waals surface area contributed by atoms with E-state index in [1.807, 2.05) is 6.07 Å². The average molecular weight is 161 g/mol. The highest BCUT2D eigenvalue weighted by Gasteiger charge is 2.26. The van der Waals surface area contributed by atoms with Crippen LogP contribution in [0.2, 0.25) is 0 Å². The van der Waals surface area contributed by atoms with Crippen LogP contribution in [0.4, 0.5) is 0 Å². The Bertz CT molecular complexity index is 272. The molecule has 2 unspecified atom stereocenters. The molecule has 2 rings (SSSR count). The number of nitriles is 1. The summed E-state index contributed by atoms with van der Waals surface area (Å²) in [5, 5.41) is 8.61. The largest absolute Gasteiger partial charge is 0.285 e. The molecule has 12 heavy (non-hydrogen) atoms. The highest BCUT2D eigenvalue weighted by atomic mass is 15.0. The van der Waals surface area contributed by atoms with Gasteiger partial charge in [-0.1, -0.05) is 12.8 Å². The summed E-state index contributed by atoms with van der Waals surface area (Å²) in [7, 11) is 0. The molecular weight excluding hydrogens is 150 g/mol. The minimum Gasteiger partial charge on any atom is -0.285 e. The van der Waals surface area contributed by atoms with E-state index in [-0.39, 0.29) is 0 Å². The Balaban J connectivity index is 2.16. The summed E-state index contributed by atoms with van der Waals surface area (Å²) in [4.78, 5) is 8.65. The zero-order chi connectivity index (χ0) is 8.39. The second-order valence-corrected chi connectivity index (χ2v) is 3.32. The lowest BCUT2D eigenvalue weighted by molar-refractivity contribution is 0.387. The van der Waals surface area contributed by atoms with Gasteiger partial charge in [0.25, 0.3) is 0 Å². The fourth-order valence-corrected chi connectivity index (χ4v) is 1.85. The molecule has 1 aliphatic heterocycles. The lowest BCUT2D eigenvalue weighted by Gasteiger charge is -2.27. The van der Waals surface area contributed by atoms with Crippen molar-refractivity contribution in [1.82, 2.24) is 0 Å². The number of nitrogens with zero attached hydrogens (tertiary/aromatic N) is 3. The molecule has 2 atom stereocenters. The third-order valence-corrected chi connectivity index (χ3v) is 2.50. The molecular formula is C9H11N3. The topological polar surface area (TPSA) is 48.5 Å². The van der Waals surface area contributed by atoms with Crippen LogP contribution in [0.25, 0.3) is 0 Å². The van der Waals surface area contributed by atoms with Crippen molar-refractivity contribution in [3.63, 3.8) is 0 Å². The summed E-state index contributed by atoms with van der Waals surface area (Å²) in [6.07, 6.45) is 6.36. The lowest BCUT2D eigenvalue weighted by Crippen LogP contribution is -2.31. The van der Waals surface area contributed by atoms with Gasteiger partial charge in [-0.15, -0.1) is 0 Å². The first-order valence-corrected chi connectivity index (χ1v) is 4.41. The SMILES string of the molecule is N#CC1=NC2CCCCC2N=C1. The maximum absolute atomic E-state index is 8.61. The van der Waals surface area contributed by atoms with E-state index in [1.165, 1.54) is 12.8 Å². The number of hydrogen-bond donors (Lipinski definition) is 0. The van der Waals surface area contributed by atoms with Crippen molar-refractivity contribution < 1.29 is 0 Å². The zero-order valence-corrected chi connectivity index (χ0v) is 6.90. The molecule has 3 heteroatoms. The van der Waals surface area contributed by atoms with Crippen LogP contribution in [0.1, 0.15) is 25.7 Å². The summed E-state index contributed by atoms with van der Waals surface area (Å²) in [6.45, 7) is 0. The zero-order valence-electron chi connectivity index (χ0n) is 6.90. The first kappa shape index (κ1) is 7.48. The van der Waals surface area contributed by atoms with Crippen LogP contribution in [0.15, 0.2) is 9.98 Å². The molecule has 0 amide bonds. The molecule has 0 N–H and O–H groups in total. The molecule has 1 fully saturated rings. The number of rotatable bonds is 0. The van der Waals surface area contributed by atoms with Crippen molar-refractivity contribution in [1.29, 1.82) is 5.26 Å². The standard InChI is InChI=1S/C9H11N3/c10-5-7-6-11-8-3-1-2-4-9(8)12-7/h6,8-9H,1-4H2. The first-order chi connectivity index (χ1) is 5.90. The molecule has 0 aromatic heterocycles. The van der Waals surface area contributed by atoms with Gasteiger partial charge in [0, 0.05) is 0 Å². The molecule has 2 aliphatic rings. The van der Waals surface area contributed by atoms with Crippen LogP contribution in [0, 0.1) is 11.3 Å². The summed E-state index contributed by atoms with van der Waals surface area (Å²) >= 11 is 0. The molecule has 0 spiro atoms. The smallest absolute Gasteiger partial charge is 0.153 e. The molecule has 0 aromatic rings. The van der Waals surface area contributed by atoms with E-state index in [0.29, 0.717) is 17.8 Å². The van der Waals surface area contributed by atoms with Gasteiger partial charge in [-0.2, -0.15) is 5.26 Å². The molecule has 62 valence electrons. The molecule has 0 radical (unpaired) electrons. The van der Waals surface area contributed by atoms with Gasteiger partial charge < -0.3 is 0 Å². The third-order valence-electron chi connectivity index (χ3n) is 2.50. The van der Waals surface area contributed by atoms with Gasteiger partial charge in [-0.25, -0.2) is 0 Å². The van der Waals surface area contributed by atoms with E-state index in [1.54, 1.807) is 6.21 Å². The Labute approximate surface area is 71.8 Å². The molecule has 3 nitrogen and oxygen atoms in total. The van der Waals surface area contributed by atoms with Gasteiger partial charge in [-0.3, -0.25) is 9.98 Å². The van der Waals surface area contributed by atoms with Crippen molar-refractivity contribution in [2.75, 3.05) is 0 Å². The van der Waals surface area contributed by atoms with Crippen LogP contribution in [-0.4, -0.2) is 24.0 Å². The minimum atomic E-state index is 0.304. The first-order valence-electron chi connectivity index (χ1n) is 4.41. The molecule has 1 heterocycles. The quantitative estimate of drug-likeness (QED) is 0.529. The highest BCUT2D eigenvalue weighted by Crippen LogP contribution is 2.25. The van der Waals surface area contributed by atoms with Gasteiger partial charge in [0.2, 0.25) is 0 Å². The lowest BCUT2D eigenvalue weighted by atomic mass is 9.90. The predicted octanol–water partition coefficient (Wildman–Crippen LogP) is 1.35. The third kappa shape index (κ3) is 1.25. The van der Waals surface area contributed by atoms with Crippen LogP contribution < -0.4 is 0 Å². The summed E-state index contributed by atoms with van der Waals surface area (Å²) in [5.41, 5.74) is 0.498. The fourth-order valence-electron chi connectivity index (χ4n) is 1.85. The molecule has 0 saturated heterocycles. The van der Waals surface area contributed by atoms with Gasteiger partial charge in [0.1, 0.15) is 6.07 Å². The van der Waals surface area contributed by atoms with Crippen LogP contribution in [0.5, 0.6) is 0 Å². The molecule has 0 bridgehead atoms. The maximum Gasteiger partial charge on any atom is 0.153 e. The highest BCUT2D eigenvalue weighted by molar-refractivity contribution is 6.38. The van der Waals surface area contributed by atoms with E-state index in [0.717, 1.165) is 12.8 Å². The minimum absolute atomic E-state index is 0.304. The van der Waals surface area contributed by atoms with Gasteiger partial charge in [0.05, 0.1) is 18.3 Å². The van der Waals surface area contributed by atoms with Gasteiger partial charge >= 0.3 is 0 Å². The second-order valence-electron chi connectivity index (χ2n) is 3.32. The van der Waals surface area contributed by atoms with E-state index < -0.39 is 0 Å². The number of hydrogen-bond acceptors (Lipinski definition) is 3. The van der Waals surface area contributed by atoms with E-state index >= 15 is 0 Å². The van der Waals surface area contributed by atoms with E-state index in [2.05, 4.69) is 9.98 Å². The summed E-state index contributed by atoms with van der Waals surface area (Å²) in [6, 6.07) is 2.71. The molecule has 0 aromatic carbocycles. The van der Waals surface area contributed by atoms with E-state index in [4.69, 9.17) is 5.26 Å². The Hall–Kier alpha value is -1.17. The number of aliphatic imine (C=N–C) groups is 2. The monoisotopic (exact) mass is 161 g/mol. The summed E-state index contributed by atoms with van der Waals surface area (Å²) in [5.74, 6) is 0. The maximum atomic E-state index is 8.61. The Morgan fingerprint density at radius 1 is 1.33 bits per heavy atom. The average Bonchev–Trinajstić information content (AvgIpc) is 2.17. The summed E-state index contributed by atoms with van der Waals surface area (Å²) < 4.78 is 0. The van der Waals surface area contributed by atoms with Crippen molar-refractivity contribution in [3.05, 3.63) is 0 Å². The van der Waals surface area contributed by atoms with E-state index in [9.17, 15) is 0 Å². The van der Waals surface area contributed by atoms with Crippen LogP contribution in [-0.2, 0) is 0 Å². The van der Waals surface area contributed by atoms with Gasteiger partial charge in [-0.05, 0) is 12.8 Å². The second kappa shape index (κ2) is 3.06. The van der Waals surface area contributed by atoms with Crippen molar-refractivity contribution >= 4 is 11.9 Å². The molecule has 1 saturated carbocycles. The fraction of sp³-hybridized carbons (Fsp3) is 0.667. The Morgan fingerprint density at radius 3 is 2.83 bits per heavy atom. The Kier molecular flexibility index (Phi) is 1.91. The van der Waals surface area contributed by atoms with Crippen molar-refractivity contribution in [2.45, 2.75) is 37.8 Å². The Morgan fingerprint density at radius 2 is 2.08 bits per heavy atom. The predicted molar refractivity (Wildman–Crippen MR) is 47.6 cm³/mol. The number of fused-ring (bicyclic) bond motifs is 1. The van der Waals surface area contributed by atoms with Gasteiger partial charge in [0.15, 0.2) is 5.71 Å². The van der Waals surface area contributed by atoms with Crippen molar-refractivity contribution in [2.24, 2.45) is 9.98 Å². The normalized spacial score (nSPS) is 33.4. The van der Waals surface area contributed by atoms with Crippen LogP contribution in [0.3, 0.4) is 0 Å². The molecule has 1 aliphatic carbocycles. The van der Waals surface area contributed by atoms with Crippen molar-refractivity contribution in [3.8, 4) is 6.07 Å². The van der Waals surface area contributed by atoms with Crippen LogP contribution >= 0.6 is 0 Å².